The molecule has 1 unspecified atom stereocenters. The molecular formula is C21H22ClN5O2S. The molecule has 0 aliphatic carbocycles. The maximum absolute atomic E-state index is 13.2. The van der Waals surface area contributed by atoms with E-state index in [1.165, 1.54) is 16.4 Å². The Hall–Kier alpha value is -2.29. The van der Waals surface area contributed by atoms with Gasteiger partial charge in [0.15, 0.2) is 11.0 Å². The molecule has 30 heavy (non-hydrogen) atoms. The molecule has 156 valence electrons. The Balaban J connectivity index is 1.36. The summed E-state index contributed by atoms with van der Waals surface area (Å²) in [7, 11) is 0. The van der Waals surface area contributed by atoms with Gasteiger partial charge in [-0.15, -0.1) is 5.10 Å². The molecule has 1 aromatic carbocycles. The summed E-state index contributed by atoms with van der Waals surface area (Å²) in [5.41, 5.74) is 1.12. The third-order valence-corrected chi connectivity index (χ3v) is 7.05. The van der Waals surface area contributed by atoms with E-state index >= 15 is 0 Å². The number of hydrogen-bond donors (Lipinski definition) is 0. The first-order valence-electron chi connectivity index (χ1n) is 10.1. The van der Waals surface area contributed by atoms with Crippen LogP contribution in [0.25, 0.3) is 0 Å². The highest BCUT2D eigenvalue weighted by Gasteiger charge is 2.44. The minimum atomic E-state index is -0.324. The maximum atomic E-state index is 13.2. The zero-order valence-corrected chi connectivity index (χ0v) is 18.1. The highest BCUT2D eigenvalue weighted by molar-refractivity contribution is 8.00. The first-order chi connectivity index (χ1) is 14.6. The summed E-state index contributed by atoms with van der Waals surface area (Å²) in [5.74, 6) is 1.48. The van der Waals surface area contributed by atoms with Gasteiger partial charge in [-0.2, -0.15) is 4.68 Å². The second-order valence-corrected chi connectivity index (χ2v) is 8.96. The summed E-state index contributed by atoms with van der Waals surface area (Å²) in [6, 6.07) is 11.6. The van der Waals surface area contributed by atoms with Crippen LogP contribution in [0.4, 0.5) is 5.69 Å². The predicted molar refractivity (Wildman–Crippen MR) is 116 cm³/mol. The van der Waals surface area contributed by atoms with E-state index in [4.69, 9.17) is 16.0 Å². The van der Waals surface area contributed by atoms with Crippen molar-refractivity contribution in [1.29, 1.82) is 0 Å². The second kappa shape index (κ2) is 8.09. The number of furan rings is 1. The molecule has 1 fully saturated rings. The normalized spacial score (nSPS) is 20.5. The van der Waals surface area contributed by atoms with Crippen LogP contribution in [0.3, 0.4) is 0 Å². The Bertz CT molecular complexity index is 1050. The SMILES string of the molecule is CCc1nc2n(n1)C(=O)C([C@H](c1ccco1)N1CCN(c3cccc(Cl)c3)CC1)S2. The van der Waals surface area contributed by atoms with Gasteiger partial charge in [0.25, 0.3) is 5.91 Å². The van der Waals surface area contributed by atoms with Crippen LogP contribution in [0.5, 0.6) is 0 Å². The summed E-state index contributed by atoms with van der Waals surface area (Å²) in [6.45, 7) is 5.33. The Kier molecular flexibility index (Phi) is 5.30. The van der Waals surface area contributed by atoms with Crippen molar-refractivity contribution in [3.05, 3.63) is 59.3 Å². The zero-order valence-electron chi connectivity index (χ0n) is 16.6. The number of thioether (sulfide) groups is 1. The van der Waals surface area contributed by atoms with Crippen LogP contribution in [-0.2, 0) is 6.42 Å². The summed E-state index contributed by atoms with van der Waals surface area (Å²) >= 11 is 7.65. The van der Waals surface area contributed by atoms with Gasteiger partial charge in [-0.3, -0.25) is 9.69 Å². The molecule has 0 amide bonds. The van der Waals surface area contributed by atoms with Gasteiger partial charge < -0.3 is 9.32 Å². The monoisotopic (exact) mass is 443 g/mol. The molecule has 7 nitrogen and oxygen atoms in total. The van der Waals surface area contributed by atoms with Crippen LogP contribution < -0.4 is 4.90 Å². The fourth-order valence-corrected chi connectivity index (χ4v) is 5.54. The van der Waals surface area contributed by atoms with Gasteiger partial charge in [0, 0.05) is 43.3 Å². The average molecular weight is 444 g/mol. The van der Waals surface area contributed by atoms with Crippen LogP contribution in [-0.4, -0.2) is 57.0 Å². The van der Waals surface area contributed by atoms with Crippen molar-refractivity contribution < 1.29 is 9.21 Å². The van der Waals surface area contributed by atoms with Crippen molar-refractivity contribution >= 4 is 35.0 Å². The highest BCUT2D eigenvalue weighted by Crippen LogP contribution is 2.41. The van der Waals surface area contributed by atoms with Crippen molar-refractivity contribution in [3.63, 3.8) is 0 Å². The summed E-state index contributed by atoms with van der Waals surface area (Å²) < 4.78 is 7.23. The van der Waals surface area contributed by atoms with E-state index in [0.29, 0.717) is 17.4 Å². The molecule has 2 aliphatic heterocycles. The Labute approximate surface area is 184 Å². The number of rotatable bonds is 5. The Morgan fingerprint density at radius 3 is 2.73 bits per heavy atom. The number of piperazine rings is 1. The van der Waals surface area contributed by atoms with Crippen molar-refractivity contribution in [3.8, 4) is 0 Å². The lowest BCUT2D eigenvalue weighted by molar-refractivity contribution is 0.0813. The number of halogens is 1. The minimum absolute atomic E-state index is 0.0270. The second-order valence-electron chi connectivity index (χ2n) is 7.42. The Morgan fingerprint density at radius 2 is 2.07 bits per heavy atom. The van der Waals surface area contributed by atoms with Crippen LogP contribution >= 0.6 is 23.4 Å². The zero-order chi connectivity index (χ0) is 20.7. The summed E-state index contributed by atoms with van der Waals surface area (Å²) in [4.78, 5) is 22.3. The molecule has 0 N–H and O–H groups in total. The maximum Gasteiger partial charge on any atom is 0.265 e. The molecule has 4 heterocycles. The van der Waals surface area contributed by atoms with Gasteiger partial charge in [-0.1, -0.05) is 36.4 Å². The molecule has 0 radical (unpaired) electrons. The number of anilines is 1. The number of nitrogens with zero attached hydrogens (tertiary/aromatic N) is 5. The largest absolute Gasteiger partial charge is 0.468 e. The highest BCUT2D eigenvalue weighted by atomic mass is 35.5. The topological polar surface area (TPSA) is 67.4 Å². The third kappa shape index (κ3) is 3.53. The van der Waals surface area contributed by atoms with Gasteiger partial charge >= 0.3 is 0 Å². The Morgan fingerprint density at radius 1 is 1.23 bits per heavy atom. The number of carbonyl (C=O) groups excluding carboxylic acids is 1. The van der Waals surface area contributed by atoms with Crippen LogP contribution in [0.1, 0.15) is 29.3 Å². The number of benzene rings is 1. The number of fused-ring (bicyclic) bond motifs is 1. The molecule has 0 saturated carbocycles. The molecule has 9 heteroatoms. The quantitative estimate of drug-likeness (QED) is 0.594. The van der Waals surface area contributed by atoms with E-state index in [1.807, 2.05) is 37.3 Å². The molecule has 2 aromatic heterocycles. The number of carbonyl (C=O) groups is 1. The molecular weight excluding hydrogens is 422 g/mol. The van der Waals surface area contributed by atoms with Gasteiger partial charge in [0.2, 0.25) is 0 Å². The lowest BCUT2D eigenvalue weighted by atomic mass is 10.1. The molecule has 0 spiro atoms. The molecule has 2 atom stereocenters. The minimum Gasteiger partial charge on any atom is -0.468 e. The number of hydrogen-bond acceptors (Lipinski definition) is 7. The fraction of sp³-hybridized carbons (Fsp3) is 0.381. The van der Waals surface area contributed by atoms with E-state index in [2.05, 4.69) is 25.9 Å². The first kappa shape index (κ1) is 19.7. The van der Waals surface area contributed by atoms with Crippen LogP contribution in [0, 0.1) is 0 Å². The van der Waals surface area contributed by atoms with Gasteiger partial charge in [0.1, 0.15) is 11.0 Å². The molecule has 2 aliphatic rings. The van der Waals surface area contributed by atoms with Crippen molar-refractivity contribution in [1.82, 2.24) is 19.7 Å². The summed E-state index contributed by atoms with van der Waals surface area (Å²) in [5, 5.41) is 5.47. The third-order valence-electron chi connectivity index (χ3n) is 5.62. The lowest BCUT2D eigenvalue weighted by Crippen LogP contribution is -2.50. The molecule has 0 bridgehead atoms. The number of aryl methyl sites for hydroxylation is 1. The van der Waals surface area contributed by atoms with Crippen LogP contribution in [0.15, 0.2) is 52.2 Å². The lowest BCUT2D eigenvalue weighted by Gasteiger charge is -2.40. The molecule has 1 saturated heterocycles. The predicted octanol–water partition coefficient (Wildman–Crippen LogP) is 3.76. The van der Waals surface area contributed by atoms with Crippen LogP contribution in [0.2, 0.25) is 5.02 Å². The first-order valence-corrected chi connectivity index (χ1v) is 11.3. The van der Waals surface area contributed by atoms with Gasteiger partial charge in [-0.25, -0.2) is 4.98 Å². The van der Waals surface area contributed by atoms with E-state index in [9.17, 15) is 4.79 Å². The van der Waals surface area contributed by atoms with Crippen molar-refractivity contribution in [2.45, 2.75) is 29.8 Å². The standard InChI is InChI=1S/C21H22ClN5O2S/c1-2-17-23-21-27(24-17)20(28)19(30-21)18(16-7-4-12-29-16)26-10-8-25(9-11-26)15-6-3-5-14(22)13-15/h3-7,12-13,18-19H,2,8-11H2,1H3/t18-,19?/m0/s1. The van der Waals surface area contributed by atoms with Crippen molar-refractivity contribution in [2.75, 3.05) is 31.1 Å². The van der Waals surface area contributed by atoms with E-state index in [0.717, 1.165) is 42.6 Å². The van der Waals surface area contributed by atoms with Crippen molar-refractivity contribution in [2.24, 2.45) is 0 Å². The smallest absolute Gasteiger partial charge is 0.265 e. The molecule has 5 rings (SSSR count). The average Bonchev–Trinajstić information content (AvgIpc) is 3.48. The van der Waals surface area contributed by atoms with E-state index in [-0.39, 0.29) is 17.2 Å². The summed E-state index contributed by atoms with van der Waals surface area (Å²) in [6.07, 6.45) is 2.38. The van der Waals surface area contributed by atoms with Gasteiger partial charge in [-0.05, 0) is 30.3 Å². The van der Waals surface area contributed by atoms with Gasteiger partial charge in [0.05, 0.1) is 12.3 Å². The van der Waals surface area contributed by atoms with E-state index in [1.54, 1.807) is 6.26 Å². The fourth-order valence-electron chi connectivity index (χ4n) is 4.10. The number of aromatic nitrogens is 3. The van der Waals surface area contributed by atoms with E-state index < -0.39 is 0 Å². The molecule has 3 aromatic rings.